The van der Waals surface area contributed by atoms with Crippen molar-refractivity contribution in [2.24, 2.45) is 0 Å². The van der Waals surface area contributed by atoms with E-state index in [-0.39, 0.29) is 23.8 Å². The maximum atomic E-state index is 13.5. The van der Waals surface area contributed by atoms with Gasteiger partial charge in [-0.05, 0) is 51.1 Å². The van der Waals surface area contributed by atoms with E-state index in [0.29, 0.717) is 30.9 Å². The van der Waals surface area contributed by atoms with Gasteiger partial charge in [-0.15, -0.1) is 0 Å². The first-order valence-corrected chi connectivity index (χ1v) is 15.9. The molecule has 4 aliphatic rings. The van der Waals surface area contributed by atoms with Crippen molar-refractivity contribution in [1.29, 1.82) is 0 Å². The zero-order valence-electron chi connectivity index (χ0n) is 27.4. The topological polar surface area (TPSA) is 184 Å². The van der Waals surface area contributed by atoms with E-state index in [2.05, 4.69) is 4.90 Å². The third kappa shape index (κ3) is 5.68. The molecule has 6 rings (SSSR count). The van der Waals surface area contributed by atoms with Crippen molar-refractivity contribution >= 4 is 29.8 Å². The van der Waals surface area contributed by atoms with Crippen LogP contribution >= 0.6 is 0 Å². The fourth-order valence-electron chi connectivity index (χ4n) is 7.64. The first kappa shape index (κ1) is 33.9. The molecule has 0 unspecified atom stereocenters. The first-order valence-electron chi connectivity index (χ1n) is 15.9. The summed E-state index contributed by atoms with van der Waals surface area (Å²) in [4.78, 5) is 65.3. The summed E-state index contributed by atoms with van der Waals surface area (Å²) in [7, 11) is 3.49. The number of carboxylic acids is 1. The molecule has 49 heavy (non-hydrogen) atoms. The number of carbonyl (C=O) groups is 5. The molecule has 7 atom stereocenters. The van der Waals surface area contributed by atoms with Gasteiger partial charge in [0.15, 0.2) is 23.7 Å². The Morgan fingerprint density at radius 1 is 1.04 bits per heavy atom. The molecule has 0 saturated carbocycles. The van der Waals surface area contributed by atoms with Crippen LogP contribution in [0.1, 0.15) is 55.9 Å². The summed E-state index contributed by atoms with van der Waals surface area (Å²) in [5.41, 5.74) is -0.194. The van der Waals surface area contributed by atoms with Crippen LogP contribution in [0.3, 0.4) is 0 Å². The number of rotatable bonds is 11. The lowest BCUT2D eigenvalue weighted by Gasteiger charge is -2.61. The van der Waals surface area contributed by atoms with Crippen molar-refractivity contribution < 1.29 is 62.6 Å². The Morgan fingerprint density at radius 3 is 2.45 bits per heavy atom. The van der Waals surface area contributed by atoms with Gasteiger partial charge in [0.2, 0.25) is 12.2 Å². The summed E-state index contributed by atoms with van der Waals surface area (Å²) in [6.07, 6.45) is -3.95. The Labute approximate surface area is 281 Å². The SMILES string of the molecule is COc1ccc2c3c1O[C@H]1C(OC(=O)C[C@H](OC(C)=O)C(=O)O[C@H](C(=O)O[C@@H](C)C(=O)O)c4ccccc4)=CC[C@@]4(O)[C@H](C2)N(C)CC[C@]314. The number of aliphatic hydroxyl groups is 1. The number of piperidine rings is 1. The van der Waals surface area contributed by atoms with Crippen LogP contribution in [0.25, 0.3) is 0 Å². The summed E-state index contributed by atoms with van der Waals surface area (Å²) in [6, 6.07) is 11.2. The van der Waals surface area contributed by atoms with Gasteiger partial charge in [0, 0.05) is 30.5 Å². The molecular formula is C35H37NO13. The van der Waals surface area contributed by atoms with Crippen LogP contribution in [0.15, 0.2) is 54.3 Å². The number of likely N-dealkylation sites (N-methyl/N-ethyl adjacent to an activating group) is 1. The lowest BCUT2D eigenvalue weighted by atomic mass is 9.50. The molecule has 1 saturated heterocycles. The predicted molar refractivity (Wildman–Crippen MR) is 166 cm³/mol. The number of hydrogen-bond donors (Lipinski definition) is 2. The van der Waals surface area contributed by atoms with E-state index in [1.165, 1.54) is 19.2 Å². The van der Waals surface area contributed by atoms with Gasteiger partial charge in [0.25, 0.3) is 0 Å². The van der Waals surface area contributed by atoms with Crippen LogP contribution in [0.2, 0.25) is 0 Å². The Hall–Kier alpha value is -4.95. The van der Waals surface area contributed by atoms with Gasteiger partial charge in [-0.25, -0.2) is 14.4 Å². The number of nitrogens with zero attached hydrogens (tertiary/aromatic N) is 1. The minimum atomic E-state index is -1.84. The molecule has 2 aromatic carbocycles. The van der Waals surface area contributed by atoms with Crippen molar-refractivity contribution in [3.63, 3.8) is 0 Å². The highest BCUT2D eigenvalue weighted by atomic mass is 16.6. The average Bonchev–Trinajstić information content (AvgIpc) is 3.42. The maximum Gasteiger partial charge on any atom is 0.353 e. The third-order valence-corrected chi connectivity index (χ3v) is 9.90. The van der Waals surface area contributed by atoms with Gasteiger partial charge in [0.1, 0.15) is 5.76 Å². The predicted octanol–water partition coefficient (Wildman–Crippen LogP) is 2.14. The van der Waals surface area contributed by atoms with E-state index in [1.807, 2.05) is 19.2 Å². The molecule has 2 aromatic rings. The summed E-state index contributed by atoms with van der Waals surface area (Å²) in [5, 5.41) is 21.6. The minimum Gasteiger partial charge on any atom is -0.493 e. The number of carboxylic acid groups (broad SMARTS) is 1. The number of benzene rings is 2. The summed E-state index contributed by atoms with van der Waals surface area (Å²) in [6.45, 7) is 2.81. The van der Waals surface area contributed by atoms with E-state index in [4.69, 9.17) is 28.4 Å². The van der Waals surface area contributed by atoms with Crippen molar-refractivity contribution in [3.8, 4) is 11.5 Å². The van der Waals surface area contributed by atoms with Crippen LogP contribution in [0.4, 0.5) is 0 Å². The fraction of sp³-hybridized carbons (Fsp3) is 0.457. The molecule has 2 N–H and O–H groups in total. The molecule has 1 spiro atoms. The fourth-order valence-corrected chi connectivity index (χ4v) is 7.64. The zero-order chi connectivity index (χ0) is 35.2. The maximum absolute atomic E-state index is 13.5. The molecule has 0 radical (unpaired) electrons. The molecule has 2 aliphatic carbocycles. The van der Waals surface area contributed by atoms with E-state index >= 15 is 0 Å². The average molecular weight is 680 g/mol. The quantitative estimate of drug-likeness (QED) is 0.260. The number of likely N-dealkylation sites (tertiary alicyclic amines) is 1. The normalized spacial score (nSPS) is 26.4. The second kappa shape index (κ2) is 12.8. The third-order valence-electron chi connectivity index (χ3n) is 9.90. The highest BCUT2D eigenvalue weighted by molar-refractivity contribution is 5.88. The van der Waals surface area contributed by atoms with Crippen molar-refractivity contribution in [2.45, 2.75) is 81.0 Å². The molecule has 2 bridgehead atoms. The first-order chi connectivity index (χ1) is 23.3. The molecule has 1 fully saturated rings. The van der Waals surface area contributed by atoms with Crippen LogP contribution in [-0.2, 0) is 54.8 Å². The number of aliphatic carboxylic acids is 1. The standard InChI is InChI=1S/C35H37NO13/c1-18(31(39)40)45-33(42)28(20-8-6-5-7-9-20)49-32(41)24(46-19(2)37)17-26(38)47-23-12-13-35(43)25-16-21-10-11-22(44-4)29-27(21)34(35,30(23)48-29)14-15-36(25)3/h5-12,18,24-25,28,30,43H,13-17H2,1-4H3,(H,39,40)/t18-,24-,25-,28-,30-,34-,35+/m0/s1. The minimum absolute atomic E-state index is 0.132. The molecule has 14 heteroatoms. The van der Waals surface area contributed by atoms with Crippen molar-refractivity contribution in [2.75, 3.05) is 20.7 Å². The number of carbonyl (C=O) groups excluding carboxylic acids is 4. The highest BCUT2D eigenvalue weighted by Gasteiger charge is 2.72. The monoisotopic (exact) mass is 679 g/mol. The molecule has 2 heterocycles. The number of ether oxygens (including phenoxy) is 6. The van der Waals surface area contributed by atoms with Crippen LogP contribution in [0, 0.1) is 0 Å². The van der Waals surface area contributed by atoms with Crippen molar-refractivity contribution in [1.82, 2.24) is 4.90 Å². The van der Waals surface area contributed by atoms with E-state index < -0.39 is 71.7 Å². The molecule has 0 amide bonds. The largest absolute Gasteiger partial charge is 0.493 e. The van der Waals surface area contributed by atoms with Crippen LogP contribution < -0.4 is 9.47 Å². The number of hydrogen-bond acceptors (Lipinski definition) is 13. The highest BCUT2D eigenvalue weighted by Crippen LogP contribution is 2.65. The molecule has 14 nitrogen and oxygen atoms in total. The summed E-state index contributed by atoms with van der Waals surface area (Å²) < 4.78 is 33.4. The Morgan fingerprint density at radius 2 is 1.78 bits per heavy atom. The molecule has 260 valence electrons. The lowest BCUT2D eigenvalue weighted by molar-refractivity contribution is -0.184. The number of methoxy groups -OCH3 is 1. The Kier molecular flexibility index (Phi) is 8.88. The van der Waals surface area contributed by atoms with Gasteiger partial charge < -0.3 is 43.5 Å². The molecule has 2 aliphatic heterocycles. The Balaban J connectivity index is 1.24. The molecule has 0 aromatic heterocycles. The second-order valence-electron chi connectivity index (χ2n) is 12.7. The number of esters is 4. The van der Waals surface area contributed by atoms with Gasteiger partial charge >= 0.3 is 29.8 Å². The zero-order valence-corrected chi connectivity index (χ0v) is 27.4. The second-order valence-corrected chi connectivity index (χ2v) is 12.7. The van der Waals surface area contributed by atoms with E-state index in [1.54, 1.807) is 24.3 Å². The van der Waals surface area contributed by atoms with Crippen molar-refractivity contribution in [3.05, 3.63) is 71.0 Å². The summed E-state index contributed by atoms with van der Waals surface area (Å²) in [5.74, 6) is -4.67. The summed E-state index contributed by atoms with van der Waals surface area (Å²) >= 11 is 0. The smallest absolute Gasteiger partial charge is 0.353 e. The lowest BCUT2D eigenvalue weighted by Crippen LogP contribution is -2.74. The van der Waals surface area contributed by atoms with Crippen LogP contribution in [-0.4, -0.2) is 95.6 Å². The van der Waals surface area contributed by atoms with Gasteiger partial charge in [-0.2, -0.15) is 0 Å². The van der Waals surface area contributed by atoms with Crippen LogP contribution in [0.5, 0.6) is 11.5 Å². The van der Waals surface area contributed by atoms with E-state index in [0.717, 1.165) is 25.0 Å². The Bertz CT molecular complexity index is 1720. The van der Waals surface area contributed by atoms with Gasteiger partial charge in [-0.3, -0.25) is 9.59 Å². The van der Waals surface area contributed by atoms with E-state index in [9.17, 15) is 34.2 Å². The molecular weight excluding hydrogens is 642 g/mol. The van der Waals surface area contributed by atoms with Gasteiger partial charge in [-0.1, -0.05) is 36.4 Å². The van der Waals surface area contributed by atoms with Gasteiger partial charge in [0.05, 0.1) is 24.5 Å².